The van der Waals surface area contributed by atoms with Crippen molar-refractivity contribution in [1.82, 2.24) is 15.1 Å². The van der Waals surface area contributed by atoms with Gasteiger partial charge >= 0.3 is 0 Å². The van der Waals surface area contributed by atoms with Gasteiger partial charge in [-0.05, 0) is 38.1 Å². The van der Waals surface area contributed by atoms with Crippen molar-refractivity contribution in [3.05, 3.63) is 0 Å². The molecule has 43 heavy (non-hydrogen) atoms. The van der Waals surface area contributed by atoms with Crippen molar-refractivity contribution in [2.24, 2.45) is 11.8 Å². The van der Waals surface area contributed by atoms with Gasteiger partial charge in [-0.3, -0.25) is 4.90 Å². The highest BCUT2D eigenvalue weighted by Crippen LogP contribution is 2.19. The van der Waals surface area contributed by atoms with E-state index in [2.05, 4.69) is 49.9 Å². The molecule has 0 radical (unpaired) electrons. The number of aliphatic hydroxyl groups excluding tert-OH is 3. The van der Waals surface area contributed by atoms with Gasteiger partial charge in [0.1, 0.15) is 0 Å². The van der Waals surface area contributed by atoms with Crippen LogP contribution in [-0.4, -0.2) is 96.3 Å². The molecule has 0 heterocycles. The van der Waals surface area contributed by atoms with Crippen LogP contribution in [0.3, 0.4) is 0 Å². The molecule has 0 aliphatic rings. The van der Waals surface area contributed by atoms with E-state index in [0.29, 0.717) is 19.6 Å². The Labute approximate surface area is 269 Å². The van der Waals surface area contributed by atoms with Gasteiger partial charge in [-0.15, -0.1) is 0 Å². The Morgan fingerprint density at radius 2 is 0.977 bits per heavy atom. The second-order valence-electron chi connectivity index (χ2n) is 13.9. The highest BCUT2D eigenvalue weighted by molar-refractivity contribution is 4.76. The first-order chi connectivity index (χ1) is 20.7. The molecule has 0 saturated carbocycles. The van der Waals surface area contributed by atoms with Gasteiger partial charge in [0.2, 0.25) is 0 Å². The molecule has 0 rings (SSSR count). The minimum absolute atomic E-state index is 0.274. The quantitative estimate of drug-likeness (QED) is 0.0570. The Kier molecular flexibility index (Phi) is 30.2. The highest BCUT2D eigenvalue weighted by Gasteiger charge is 2.23. The number of hydrogen-bond acceptors (Lipinski definition) is 6. The summed E-state index contributed by atoms with van der Waals surface area (Å²) < 4.78 is 0. The van der Waals surface area contributed by atoms with Crippen molar-refractivity contribution in [2.75, 3.05) is 52.9 Å². The van der Waals surface area contributed by atoms with Crippen LogP contribution in [0.25, 0.3) is 0 Å². The molecule has 0 saturated heterocycles. The van der Waals surface area contributed by atoms with Crippen LogP contribution in [0.5, 0.6) is 0 Å². The van der Waals surface area contributed by atoms with Crippen LogP contribution in [-0.2, 0) is 0 Å². The summed E-state index contributed by atoms with van der Waals surface area (Å²) in [5.41, 5.74) is 0. The molecule has 0 aromatic carbocycles. The predicted octanol–water partition coefficient (Wildman–Crippen LogP) is 7.64. The van der Waals surface area contributed by atoms with Gasteiger partial charge in [-0.2, -0.15) is 0 Å². The van der Waals surface area contributed by atoms with Crippen molar-refractivity contribution in [2.45, 2.75) is 175 Å². The molecule has 0 bridgehead atoms. The lowest BCUT2D eigenvalue weighted by Crippen LogP contribution is -2.45. The van der Waals surface area contributed by atoms with Crippen LogP contribution >= 0.6 is 0 Å². The molecule has 5 unspecified atom stereocenters. The Bertz CT molecular complexity index is 533. The zero-order chi connectivity index (χ0) is 32.1. The number of unbranched alkanes of at least 4 members (excludes halogenated alkanes) is 14. The number of likely N-dealkylation sites (N-methyl/N-ethyl adjacent to an activating group) is 1. The first-order valence-corrected chi connectivity index (χ1v) is 18.9. The Balaban J connectivity index is 4.66. The van der Waals surface area contributed by atoms with E-state index in [9.17, 15) is 15.3 Å². The number of nitrogens with zero attached hydrogens (tertiary/aromatic N) is 2. The molecule has 0 amide bonds. The molecular formula is C37H79N3O3. The van der Waals surface area contributed by atoms with Crippen molar-refractivity contribution in [3.8, 4) is 0 Å². The predicted molar refractivity (Wildman–Crippen MR) is 188 cm³/mol. The molecule has 0 aliphatic heterocycles. The van der Waals surface area contributed by atoms with Crippen molar-refractivity contribution >= 4 is 0 Å². The molecule has 6 heteroatoms. The van der Waals surface area contributed by atoms with E-state index in [-0.39, 0.29) is 30.1 Å². The summed E-state index contributed by atoms with van der Waals surface area (Å²) in [6.07, 6.45) is 23.0. The number of aliphatic hydroxyl groups is 3. The fourth-order valence-corrected chi connectivity index (χ4v) is 5.84. The van der Waals surface area contributed by atoms with Gasteiger partial charge in [0.25, 0.3) is 0 Å². The average molecular weight is 614 g/mol. The fraction of sp³-hybridized carbons (Fsp3) is 1.00. The first kappa shape index (κ1) is 42.8. The molecule has 0 aromatic heterocycles. The molecule has 0 fully saturated rings. The maximum absolute atomic E-state index is 11.2. The maximum Gasteiger partial charge on any atom is 0.0692 e. The Morgan fingerprint density at radius 3 is 1.40 bits per heavy atom. The van der Waals surface area contributed by atoms with Gasteiger partial charge in [0.05, 0.1) is 18.3 Å². The summed E-state index contributed by atoms with van der Waals surface area (Å²) in [5.74, 6) is 0.558. The summed E-state index contributed by atoms with van der Waals surface area (Å²) in [5, 5.41) is 35.4. The summed E-state index contributed by atoms with van der Waals surface area (Å²) in [4.78, 5) is 4.62. The molecule has 6 nitrogen and oxygen atoms in total. The van der Waals surface area contributed by atoms with E-state index >= 15 is 0 Å². The monoisotopic (exact) mass is 614 g/mol. The van der Waals surface area contributed by atoms with Crippen LogP contribution < -0.4 is 5.32 Å². The molecule has 0 spiro atoms. The van der Waals surface area contributed by atoms with Crippen LogP contribution in [0.15, 0.2) is 0 Å². The van der Waals surface area contributed by atoms with Crippen molar-refractivity contribution < 1.29 is 15.3 Å². The second-order valence-corrected chi connectivity index (χ2v) is 13.9. The third kappa shape index (κ3) is 26.7. The van der Waals surface area contributed by atoms with Gasteiger partial charge < -0.3 is 25.5 Å². The van der Waals surface area contributed by atoms with E-state index < -0.39 is 0 Å². The largest absolute Gasteiger partial charge is 0.392 e. The molecule has 4 N–H and O–H groups in total. The maximum atomic E-state index is 11.2. The molecular weight excluding hydrogens is 534 g/mol. The number of hydrogen-bond donors (Lipinski definition) is 4. The van der Waals surface area contributed by atoms with Gasteiger partial charge in [-0.25, -0.2) is 0 Å². The number of nitrogens with one attached hydrogen (secondary N) is 1. The van der Waals surface area contributed by atoms with E-state index in [1.807, 2.05) is 6.92 Å². The fourth-order valence-electron chi connectivity index (χ4n) is 5.84. The van der Waals surface area contributed by atoms with E-state index in [1.54, 1.807) is 0 Å². The molecule has 260 valence electrons. The minimum Gasteiger partial charge on any atom is -0.392 e. The normalized spacial score (nSPS) is 15.7. The van der Waals surface area contributed by atoms with Gasteiger partial charge in [-0.1, -0.05) is 137 Å². The van der Waals surface area contributed by atoms with Crippen LogP contribution in [0, 0.1) is 11.8 Å². The molecule has 0 aliphatic carbocycles. The summed E-state index contributed by atoms with van der Waals surface area (Å²) >= 11 is 0. The van der Waals surface area contributed by atoms with Crippen molar-refractivity contribution in [1.29, 1.82) is 0 Å². The SMILES string of the molecule is CCCCCCCCCCC(C)C(O)CN(CCN(C)CCNCC(O)CC)CC(O)C(C)CCCCCCCCCC. The minimum atomic E-state index is -0.359. The highest BCUT2D eigenvalue weighted by atomic mass is 16.3. The van der Waals surface area contributed by atoms with E-state index in [1.165, 1.54) is 103 Å². The second kappa shape index (κ2) is 30.4. The van der Waals surface area contributed by atoms with Gasteiger partial charge in [0, 0.05) is 45.8 Å². The summed E-state index contributed by atoms with van der Waals surface area (Å²) in [6.45, 7) is 16.4. The lowest BCUT2D eigenvalue weighted by molar-refractivity contribution is 0.0227. The lowest BCUT2D eigenvalue weighted by Gasteiger charge is -2.32. The van der Waals surface area contributed by atoms with Gasteiger partial charge in [0.15, 0.2) is 0 Å². The lowest BCUT2D eigenvalue weighted by atomic mass is 9.94. The van der Waals surface area contributed by atoms with Crippen LogP contribution in [0.1, 0.15) is 157 Å². The zero-order valence-corrected chi connectivity index (χ0v) is 30.0. The smallest absolute Gasteiger partial charge is 0.0692 e. The third-order valence-electron chi connectivity index (χ3n) is 9.55. The summed E-state index contributed by atoms with van der Waals surface area (Å²) in [6, 6.07) is 0. The van der Waals surface area contributed by atoms with Crippen molar-refractivity contribution in [3.63, 3.8) is 0 Å². The first-order valence-electron chi connectivity index (χ1n) is 18.9. The topological polar surface area (TPSA) is 79.2 Å². The Hall–Kier alpha value is -0.240. The van der Waals surface area contributed by atoms with Crippen LogP contribution in [0.4, 0.5) is 0 Å². The van der Waals surface area contributed by atoms with E-state index in [0.717, 1.165) is 45.4 Å². The zero-order valence-electron chi connectivity index (χ0n) is 30.0. The summed E-state index contributed by atoms with van der Waals surface area (Å²) in [7, 11) is 2.14. The Morgan fingerprint density at radius 1 is 0.558 bits per heavy atom. The number of rotatable bonds is 33. The molecule has 0 aromatic rings. The standard InChI is InChI=1S/C37H79N3O3/c1-7-10-12-14-16-18-20-22-24-33(4)36(42)31-40(29-28-39(6)27-26-38-30-35(41)9-3)32-37(43)34(5)25-23-21-19-17-15-13-11-8-2/h33-38,41-43H,7-32H2,1-6H3. The van der Waals surface area contributed by atoms with E-state index in [4.69, 9.17) is 0 Å². The third-order valence-corrected chi connectivity index (χ3v) is 9.55. The van der Waals surface area contributed by atoms with Crippen LogP contribution in [0.2, 0.25) is 0 Å². The molecule has 5 atom stereocenters. The average Bonchev–Trinajstić information content (AvgIpc) is 3.00.